The van der Waals surface area contributed by atoms with E-state index in [4.69, 9.17) is 0 Å². The van der Waals surface area contributed by atoms with Gasteiger partial charge in [0.25, 0.3) is 0 Å². The van der Waals surface area contributed by atoms with Gasteiger partial charge in [-0.3, -0.25) is 0 Å². The van der Waals surface area contributed by atoms with E-state index in [9.17, 15) is 22.0 Å². The molecule has 0 heterocycles. The minimum Gasteiger partial charge on any atom is -0.207 e. The zero-order valence-corrected chi connectivity index (χ0v) is 14.7. The van der Waals surface area contributed by atoms with Crippen molar-refractivity contribution in [2.24, 2.45) is 0 Å². The Morgan fingerprint density at radius 1 is 1.00 bits per heavy atom. The van der Waals surface area contributed by atoms with Crippen LogP contribution in [0, 0.1) is 11.6 Å². The third kappa shape index (κ3) is 5.64. The maximum Gasteiger partial charge on any atom is 0.416 e. The van der Waals surface area contributed by atoms with Crippen molar-refractivity contribution in [2.75, 3.05) is 0 Å². The second kappa shape index (κ2) is 8.80. The van der Waals surface area contributed by atoms with Gasteiger partial charge in [0.15, 0.2) is 0 Å². The van der Waals surface area contributed by atoms with Crippen molar-refractivity contribution in [3.8, 4) is 0 Å². The molecule has 0 bridgehead atoms. The molecule has 2 rings (SSSR count). The Balaban J connectivity index is 2.59. The van der Waals surface area contributed by atoms with E-state index < -0.39 is 29.3 Å². The Morgan fingerprint density at radius 2 is 1.67 bits per heavy atom. The van der Waals surface area contributed by atoms with Gasteiger partial charge in [-0.15, -0.1) is 0 Å². The lowest BCUT2D eigenvalue weighted by Crippen LogP contribution is -2.09. The van der Waals surface area contributed by atoms with Crippen LogP contribution in [-0.2, 0) is 6.18 Å². The third-order valence-corrected chi connectivity index (χ3v) is 4.07. The van der Waals surface area contributed by atoms with E-state index in [2.05, 4.69) is 6.58 Å². The summed E-state index contributed by atoms with van der Waals surface area (Å²) in [4.78, 5) is 0. The van der Waals surface area contributed by atoms with E-state index in [0.29, 0.717) is 18.1 Å². The molecule has 27 heavy (non-hydrogen) atoms. The molecule has 0 spiro atoms. The van der Waals surface area contributed by atoms with Crippen molar-refractivity contribution in [3.63, 3.8) is 0 Å². The van der Waals surface area contributed by atoms with Crippen LogP contribution in [0.15, 0.2) is 78.9 Å². The van der Waals surface area contributed by atoms with Crippen molar-refractivity contribution < 1.29 is 22.0 Å². The van der Waals surface area contributed by atoms with Crippen LogP contribution in [0.3, 0.4) is 0 Å². The Bertz CT molecular complexity index is 842. The normalized spacial score (nSPS) is 13.8. The van der Waals surface area contributed by atoms with Gasteiger partial charge in [0.1, 0.15) is 11.6 Å². The highest BCUT2D eigenvalue weighted by molar-refractivity contribution is 5.39. The van der Waals surface area contributed by atoms with Gasteiger partial charge >= 0.3 is 6.18 Å². The zero-order valence-electron chi connectivity index (χ0n) is 14.7. The highest BCUT2D eigenvalue weighted by atomic mass is 19.4. The largest absolute Gasteiger partial charge is 0.416 e. The Kier molecular flexibility index (Phi) is 6.72. The lowest BCUT2D eigenvalue weighted by Gasteiger charge is -2.20. The van der Waals surface area contributed by atoms with Gasteiger partial charge in [0.2, 0.25) is 0 Å². The van der Waals surface area contributed by atoms with Crippen LogP contribution in [0.25, 0.3) is 0 Å². The van der Waals surface area contributed by atoms with E-state index in [1.165, 1.54) is 24.3 Å². The van der Waals surface area contributed by atoms with Crippen molar-refractivity contribution >= 4 is 0 Å². The fourth-order valence-corrected chi connectivity index (χ4v) is 2.89. The molecule has 2 aromatic rings. The minimum absolute atomic E-state index is 0.174. The molecule has 0 aliphatic carbocycles. The van der Waals surface area contributed by atoms with Crippen LogP contribution in [-0.4, -0.2) is 0 Å². The van der Waals surface area contributed by atoms with Crippen LogP contribution in [0.4, 0.5) is 22.0 Å². The van der Waals surface area contributed by atoms with Gasteiger partial charge in [0.05, 0.1) is 5.56 Å². The van der Waals surface area contributed by atoms with Crippen LogP contribution in [0.1, 0.15) is 36.0 Å². The highest BCUT2D eigenvalue weighted by Crippen LogP contribution is 2.36. The predicted octanol–water partition coefficient (Wildman–Crippen LogP) is 7.19. The number of hydrogen-bond donors (Lipinski definition) is 0. The number of rotatable bonds is 6. The second-order valence-corrected chi connectivity index (χ2v) is 6.06. The maximum absolute atomic E-state index is 13.9. The first-order chi connectivity index (χ1) is 12.7. The van der Waals surface area contributed by atoms with Gasteiger partial charge < -0.3 is 0 Å². The molecule has 0 aliphatic heterocycles. The van der Waals surface area contributed by atoms with Crippen molar-refractivity contribution in [2.45, 2.75) is 25.4 Å². The first kappa shape index (κ1) is 20.6. The molecule has 0 nitrogen and oxygen atoms in total. The average Bonchev–Trinajstić information content (AvgIpc) is 2.59. The summed E-state index contributed by atoms with van der Waals surface area (Å²) in [5.74, 6) is -2.00. The molecular weight excluding hydrogens is 359 g/mol. The molecule has 5 heteroatoms. The van der Waals surface area contributed by atoms with Crippen molar-refractivity contribution in [1.29, 1.82) is 0 Å². The Morgan fingerprint density at radius 3 is 2.22 bits per heavy atom. The molecule has 1 atom stereocenters. The quantitative estimate of drug-likeness (QED) is 0.368. The number of halogens is 5. The number of alkyl halides is 3. The summed E-state index contributed by atoms with van der Waals surface area (Å²) in [5, 5.41) is 0. The summed E-state index contributed by atoms with van der Waals surface area (Å²) in [6, 6.07) is 7.97. The molecule has 2 aromatic carbocycles. The average molecular weight is 378 g/mol. The molecule has 0 radical (unpaired) electrons. The molecule has 0 unspecified atom stereocenters. The van der Waals surface area contributed by atoms with Gasteiger partial charge in [-0.05, 0) is 60.4 Å². The van der Waals surface area contributed by atoms with Gasteiger partial charge in [0, 0.05) is 5.92 Å². The number of benzene rings is 2. The van der Waals surface area contributed by atoms with Crippen LogP contribution in [0.2, 0.25) is 0 Å². The summed E-state index contributed by atoms with van der Waals surface area (Å²) in [5.41, 5.74) is 0.521. The molecule has 142 valence electrons. The summed E-state index contributed by atoms with van der Waals surface area (Å²) in [6.07, 6.45) is 2.56. The summed E-state index contributed by atoms with van der Waals surface area (Å²) >= 11 is 0. The zero-order chi connectivity index (χ0) is 20.0. The first-order valence-electron chi connectivity index (χ1n) is 8.32. The second-order valence-electron chi connectivity index (χ2n) is 6.06. The van der Waals surface area contributed by atoms with E-state index in [-0.39, 0.29) is 5.56 Å². The lowest BCUT2D eigenvalue weighted by atomic mass is 9.84. The summed E-state index contributed by atoms with van der Waals surface area (Å²) < 4.78 is 66.6. The monoisotopic (exact) mass is 378 g/mol. The number of hydrogen-bond acceptors (Lipinski definition) is 0. The standard InChI is InChI=1S/C22H19F5/c1-3-5-15(6-4-2)11-21(16-7-9-19(23)10-8-16)17-12-18(22(25,26)27)14-20(24)13-17/h3-10,12-14,21H,1,11H2,2H3/b6-4-,15-5+/t21-/m1/s1. The minimum atomic E-state index is -4.66. The maximum atomic E-state index is 13.9. The molecule has 0 aromatic heterocycles. The first-order valence-corrected chi connectivity index (χ1v) is 8.32. The van der Waals surface area contributed by atoms with E-state index >= 15 is 0 Å². The molecule has 0 aliphatic rings. The Labute approximate surface area is 155 Å². The number of allylic oxidation sites excluding steroid dienone is 5. The van der Waals surface area contributed by atoms with Gasteiger partial charge in [-0.2, -0.15) is 13.2 Å². The molecule has 0 saturated carbocycles. The van der Waals surface area contributed by atoms with E-state index in [1.807, 2.05) is 13.0 Å². The highest BCUT2D eigenvalue weighted by Gasteiger charge is 2.32. The topological polar surface area (TPSA) is 0 Å². The summed E-state index contributed by atoms with van der Waals surface area (Å²) in [7, 11) is 0. The molecule has 0 saturated heterocycles. The van der Waals surface area contributed by atoms with Crippen LogP contribution >= 0.6 is 0 Å². The Hall–Kier alpha value is -2.69. The SMILES string of the molecule is C=C/C=C(\C=C/C)C[C@H](c1ccc(F)cc1)c1cc(F)cc(C(F)(F)F)c1. The van der Waals surface area contributed by atoms with Crippen molar-refractivity contribution in [3.05, 3.63) is 107 Å². The lowest BCUT2D eigenvalue weighted by molar-refractivity contribution is -0.137. The summed E-state index contributed by atoms with van der Waals surface area (Å²) in [6.45, 7) is 5.45. The third-order valence-electron chi connectivity index (χ3n) is 4.07. The van der Waals surface area contributed by atoms with Crippen molar-refractivity contribution in [1.82, 2.24) is 0 Å². The van der Waals surface area contributed by atoms with E-state index in [1.54, 1.807) is 18.2 Å². The van der Waals surface area contributed by atoms with E-state index in [0.717, 1.165) is 17.7 Å². The van der Waals surface area contributed by atoms with Crippen LogP contribution in [0.5, 0.6) is 0 Å². The fourth-order valence-electron chi connectivity index (χ4n) is 2.89. The van der Waals surface area contributed by atoms with Gasteiger partial charge in [-0.25, -0.2) is 8.78 Å². The predicted molar refractivity (Wildman–Crippen MR) is 97.4 cm³/mol. The van der Waals surface area contributed by atoms with Crippen LogP contribution < -0.4 is 0 Å². The molecule has 0 amide bonds. The van der Waals surface area contributed by atoms with Gasteiger partial charge in [-0.1, -0.05) is 43.0 Å². The molecular formula is C22H19F5. The smallest absolute Gasteiger partial charge is 0.207 e. The molecule has 0 N–H and O–H groups in total. The molecule has 0 fully saturated rings. The fraction of sp³-hybridized carbons (Fsp3) is 0.182.